The van der Waals surface area contributed by atoms with Gasteiger partial charge in [0, 0.05) is 43.4 Å². The van der Waals surface area contributed by atoms with E-state index in [2.05, 4.69) is 56.5 Å². The number of nitrogens with zero attached hydrogens (tertiary/aromatic N) is 2. The first-order valence-electron chi connectivity index (χ1n) is 15.5. The first-order chi connectivity index (χ1) is 20.5. The predicted octanol–water partition coefficient (Wildman–Crippen LogP) is 6.89. The van der Waals surface area contributed by atoms with E-state index in [1.807, 2.05) is 41.3 Å². The highest BCUT2D eigenvalue weighted by Crippen LogP contribution is 2.55. The minimum atomic E-state index is -0.926. The van der Waals surface area contributed by atoms with Gasteiger partial charge >= 0.3 is 5.97 Å². The number of fused-ring (bicyclic) bond motifs is 1. The molecule has 0 saturated carbocycles. The zero-order valence-corrected chi connectivity index (χ0v) is 25.8. The molecule has 1 aliphatic carbocycles. The Hall–Kier alpha value is -3.93. The maximum absolute atomic E-state index is 14.6. The van der Waals surface area contributed by atoms with Crippen molar-refractivity contribution in [2.75, 3.05) is 26.2 Å². The van der Waals surface area contributed by atoms with E-state index in [4.69, 9.17) is 0 Å². The third-order valence-corrected chi connectivity index (χ3v) is 10.0. The van der Waals surface area contributed by atoms with Crippen LogP contribution in [0.4, 0.5) is 0 Å². The lowest BCUT2D eigenvalue weighted by Gasteiger charge is -2.52. The van der Waals surface area contributed by atoms with Crippen LogP contribution in [0.15, 0.2) is 85.0 Å². The van der Waals surface area contributed by atoms with Gasteiger partial charge in [0.15, 0.2) is 0 Å². The monoisotopic (exact) mass is 580 g/mol. The van der Waals surface area contributed by atoms with Crippen LogP contribution in [-0.4, -0.2) is 58.9 Å². The number of amides is 2. The number of hydrogen-bond donors (Lipinski definition) is 1. The van der Waals surface area contributed by atoms with Crippen molar-refractivity contribution in [3.05, 3.63) is 102 Å². The minimum absolute atomic E-state index is 0.158. The molecule has 43 heavy (non-hydrogen) atoms. The summed E-state index contributed by atoms with van der Waals surface area (Å²) in [4.78, 5) is 42.9. The Morgan fingerprint density at radius 3 is 2.23 bits per heavy atom. The lowest BCUT2D eigenvalue weighted by molar-refractivity contribution is -0.144. The summed E-state index contributed by atoms with van der Waals surface area (Å²) >= 11 is 0. The Kier molecular flexibility index (Phi) is 8.51. The molecule has 0 aromatic heterocycles. The van der Waals surface area contributed by atoms with Crippen LogP contribution >= 0.6 is 0 Å². The second-order valence-electron chi connectivity index (χ2n) is 13.2. The van der Waals surface area contributed by atoms with Crippen molar-refractivity contribution < 1.29 is 19.5 Å². The van der Waals surface area contributed by atoms with Crippen LogP contribution in [0.1, 0.15) is 80.8 Å². The summed E-state index contributed by atoms with van der Waals surface area (Å²) < 4.78 is 0. The number of benzene rings is 2. The molecule has 0 radical (unpaired) electrons. The molecule has 1 fully saturated rings. The van der Waals surface area contributed by atoms with Crippen molar-refractivity contribution in [2.45, 2.75) is 64.7 Å². The van der Waals surface area contributed by atoms with Gasteiger partial charge in [-0.1, -0.05) is 87.0 Å². The van der Waals surface area contributed by atoms with Gasteiger partial charge in [0.1, 0.15) is 0 Å². The lowest BCUT2D eigenvalue weighted by Crippen LogP contribution is -2.57. The van der Waals surface area contributed by atoms with E-state index >= 15 is 0 Å². The topological polar surface area (TPSA) is 77.9 Å². The molecule has 2 aromatic rings. The molecule has 0 unspecified atom stereocenters. The molecule has 5 rings (SSSR count). The molecule has 2 aliphatic heterocycles. The van der Waals surface area contributed by atoms with Gasteiger partial charge in [-0.25, -0.2) is 4.79 Å². The highest BCUT2D eigenvalue weighted by atomic mass is 16.4. The number of aromatic carboxylic acids is 1. The van der Waals surface area contributed by atoms with Gasteiger partial charge < -0.3 is 14.9 Å². The Morgan fingerprint density at radius 2 is 1.60 bits per heavy atom. The number of allylic oxidation sites excluding steroid dienone is 3. The van der Waals surface area contributed by atoms with Gasteiger partial charge in [-0.2, -0.15) is 0 Å². The van der Waals surface area contributed by atoms with Crippen LogP contribution in [-0.2, 0) is 15.0 Å². The highest BCUT2D eigenvalue weighted by Gasteiger charge is 2.50. The number of hydrogen-bond acceptors (Lipinski definition) is 3. The summed E-state index contributed by atoms with van der Waals surface area (Å²) in [5, 5.41) is 9.33. The minimum Gasteiger partial charge on any atom is -0.478 e. The molecular formula is C37H44N2O4. The Balaban J connectivity index is 1.38. The Labute approximate surface area is 255 Å². The number of carboxylic acids is 1. The van der Waals surface area contributed by atoms with Crippen LogP contribution in [0.5, 0.6) is 0 Å². The van der Waals surface area contributed by atoms with Gasteiger partial charge in [0.25, 0.3) is 0 Å². The summed E-state index contributed by atoms with van der Waals surface area (Å²) in [6, 6.07) is 17.3. The van der Waals surface area contributed by atoms with Crippen molar-refractivity contribution in [3.8, 4) is 0 Å². The van der Waals surface area contributed by atoms with Gasteiger partial charge in [-0.15, -0.1) is 6.58 Å². The van der Waals surface area contributed by atoms with Crippen LogP contribution in [0.3, 0.4) is 0 Å². The normalized spacial score (nSPS) is 22.6. The molecule has 0 bridgehead atoms. The summed E-state index contributed by atoms with van der Waals surface area (Å²) in [6.07, 6.45) is 10.6. The van der Waals surface area contributed by atoms with Crippen molar-refractivity contribution in [3.63, 3.8) is 0 Å². The largest absolute Gasteiger partial charge is 0.478 e. The summed E-state index contributed by atoms with van der Waals surface area (Å²) in [7, 11) is 0. The third kappa shape index (κ3) is 5.72. The number of carboxylic acid groups (broad SMARTS) is 1. The fraction of sp³-hybridized carbons (Fsp3) is 0.432. The van der Waals surface area contributed by atoms with Gasteiger partial charge in [-0.05, 0) is 60.9 Å². The van der Waals surface area contributed by atoms with E-state index in [1.54, 1.807) is 12.1 Å². The fourth-order valence-electron chi connectivity index (χ4n) is 7.74. The SMILES string of the molecule is C=CCCCC(=O)N1CCC(C(=O)N2CC=C3C(C)(C)C(c4ccc(C(=O)O)cc4)=CC[C@]3(C)C2)(c2ccccc2)CC1. The van der Waals surface area contributed by atoms with Crippen LogP contribution in [0, 0.1) is 10.8 Å². The fourth-order valence-corrected chi connectivity index (χ4v) is 7.74. The molecule has 2 amide bonds. The average molecular weight is 581 g/mol. The molecule has 3 aliphatic rings. The van der Waals surface area contributed by atoms with E-state index in [1.165, 1.54) is 11.1 Å². The summed E-state index contributed by atoms with van der Waals surface area (Å²) in [6.45, 7) is 12.8. The van der Waals surface area contributed by atoms with E-state index < -0.39 is 11.4 Å². The van der Waals surface area contributed by atoms with Crippen molar-refractivity contribution >= 4 is 23.4 Å². The van der Waals surface area contributed by atoms with Gasteiger partial charge in [0.05, 0.1) is 11.0 Å². The molecule has 0 spiro atoms. The molecule has 2 heterocycles. The zero-order chi connectivity index (χ0) is 30.8. The second-order valence-corrected chi connectivity index (χ2v) is 13.2. The average Bonchev–Trinajstić information content (AvgIpc) is 3.01. The number of carbonyl (C=O) groups excluding carboxylic acids is 2. The predicted molar refractivity (Wildman–Crippen MR) is 171 cm³/mol. The van der Waals surface area contributed by atoms with Gasteiger partial charge in [0.2, 0.25) is 11.8 Å². The first-order valence-corrected chi connectivity index (χ1v) is 15.5. The van der Waals surface area contributed by atoms with Crippen LogP contribution in [0.2, 0.25) is 0 Å². The lowest BCUT2D eigenvalue weighted by atomic mass is 9.58. The first kappa shape index (κ1) is 30.5. The third-order valence-electron chi connectivity index (χ3n) is 10.0. The molecule has 226 valence electrons. The number of unbranched alkanes of at least 4 members (excludes halogenated alkanes) is 1. The number of likely N-dealkylation sites (tertiary alicyclic amines) is 1. The Morgan fingerprint density at radius 1 is 0.930 bits per heavy atom. The maximum Gasteiger partial charge on any atom is 0.335 e. The van der Waals surface area contributed by atoms with Crippen LogP contribution in [0.25, 0.3) is 5.57 Å². The standard InChI is InChI=1S/C37H44N2O4/c1-5-6-8-13-32(40)38-24-21-37(22-25-38,29-11-9-7-10-12-29)34(43)39-23-19-31-35(2,3)30(18-20-36(31,4)26-39)27-14-16-28(17-15-27)33(41)42/h5,7,9-12,14-19H,1,6,8,13,20-26H2,2-4H3,(H,41,42)/t36-/m1/s1. The number of carbonyl (C=O) groups is 3. The maximum atomic E-state index is 14.6. The van der Waals surface area contributed by atoms with E-state index in [-0.39, 0.29) is 28.2 Å². The summed E-state index contributed by atoms with van der Waals surface area (Å²) in [5.41, 5.74) is 3.75. The molecule has 1 N–H and O–H groups in total. The molecular weight excluding hydrogens is 536 g/mol. The van der Waals surface area contributed by atoms with Crippen LogP contribution < -0.4 is 0 Å². The number of rotatable bonds is 8. The molecule has 1 atom stereocenters. The van der Waals surface area contributed by atoms with E-state index in [9.17, 15) is 19.5 Å². The highest BCUT2D eigenvalue weighted by molar-refractivity contribution is 5.90. The molecule has 6 nitrogen and oxygen atoms in total. The zero-order valence-electron chi connectivity index (χ0n) is 25.8. The van der Waals surface area contributed by atoms with E-state index in [0.29, 0.717) is 45.4 Å². The molecule has 6 heteroatoms. The molecule has 2 aromatic carbocycles. The van der Waals surface area contributed by atoms with Crippen molar-refractivity contribution in [1.29, 1.82) is 0 Å². The quantitative estimate of drug-likeness (QED) is 0.273. The second kappa shape index (κ2) is 12.0. The Bertz CT molecular complexity index is 1450. The van der Waals surface area contributed by atoms with E-state index in [0.717, 1.165) is 30.4 Å². The summed E-state index contributed by atoms with van der Waals surface area (Å²) in [5.74, 6) is -0.603. The molecule has 1 saturated heterocycles. The van der Waals surface area contributed by atoms with Crippen molar-refractivity contribution in [2.24, 2.45) is 10.8 Å². The smallest absolute Gasteiger partial charge is 0.335 e. The van der Waals surface area contributed by atoms with Crippen molar-refractivity contribution in [1.82, 2.24) is 9.80 Å². The van der Waals surface area contributed by atoms with Gasteiger partial charge in [-0.3, -0.25) is 9.59 Å². The number of piperidine rings is 1.